The molecule has 0 radical (unpaired) electrons. The third-order valence-electron chi connectivity index (χ3n) is 2.23. The third kappa shape index (κ3) is 1.61. The van der Waals surface area contributed by atoms with Crippen LogP contribution in [0.5, 0.6) is 5.75 Å². The molecule has 3 heteroatoms. The highest BCUT2D eigenvalue weighted by Crippen LogP contribution is 2.36. The van der Waals surface area contributed by atoms with Crippen molar-refractivity contribution in [1.82, 2.24) is 0 Å². The van der Waals surface area contributed by atoms with Gasteiger partial charge in [0.05, 0.1) is 6.61 Å². The molecule has 0 saturated carbocycles. The van der Waals surface area contributed by atoms with Crippen LogP contribution < -0.4 is 4.74 Å². The topological polar surface area (TPSA) is 26.3 Å². The van der Waals surface area contributed by atoms with Gasteiger partial charge in [-0.2, -0.15) is 0 Å². The molecule has 0 fully saturated rings. The number of carbonyl (C=O) groups excluding carboxylic acids is 1. The molecular formula is C10H9BrO2. The first kappa shape index (κ1) is 8.75. The van der Waals surface area contributed by atoms with Crippen molar-refractivity contribution in [2.45, 2.75) is 12.3 Å². The second-order valence-electron chi connectivity index (χ2n) is 3.09. The predicted octanol–water partition coefficient (Wildman–Crippen LogP) is 2.51. The largest absolute Gasteiger partial charge is 0.493 e. The van der Waals surface area contributed by atoms with Gasteiger partial charge >= 0.3 is 0 Å². The molecule has 0 aliphatic carbocycles. The molecule has 2 rings (SSSR count). The zero-order chi connectivity index (χ0) is 9.26. The summed E-state index contributed by atoms with van der Waals surface area (Å²) in [6, 6.07) is 5.91. The molecule has 2 nitrogen and oxygen atoms in total. The average Bonchev–Trinajstić information content (AvgIpc) is 2.49. The Labute approximate surface area is 85.0 Å². The predicted molar refractivity (Wildman–Crippen MR) is 53.1 cm³/mol. The van der Waals surface area contributed by atoms with Crippen molar-refractivity contribution < 1.29 is 9.53 Å². The Bertz CT molecular complexity index is 336. The molecule has 0 spiro atoms. The van der Waals surface area contributed by atoms with E-state index in [4.69, 9.17) is 4.74 Å². The van der Waals surface area contributed by atoms with E-state index in [9.17, 15) is 4.79 Å². The molecular weight excluding hydrogens is 232 g/mol. The minimum atomic E-state index is 0.241. The van der Waals surface area contributed by atoms with E-state index in [2.05, 4.69) is 15.9 Å². The van der Waals surface area contributed by atoms with Gasteiger partial charge in [0, 0.05) is 22.4 Å². The number of fused-ring (bicyclic) bond motifs is 1. The summed E-state index contributed by atoms with van der Waals surface area (Å²) < 4.78 is 6.47. The van der Waals surface area contributed by atoms with E-state index in [-0.39, 0.29) is 5.92 Å². The van der Waals surface area contributed by atoms with Crippen LogP contribution in [0.2, 0.25) is 0 Å². The van der Waals surface area contributed by atoms with Crippen molar-refractivity contribution in [1.29, 1.82) is 0 Å². The molecule has 1 unspecified atom stereocenters. The number of rotatable bonds is 2. The van der Waals surface area contributed by atoms with E-state index in [1.165, 1.54) is 0 Å². The summed E-state index contributed by atoms with van der Waals surface area (Å²) in [6.45, 7) is 0.629. The highest BCUT2D eigenvalue weighted by atomic mass is 79.9. The van der Waals surface area contributed by atoms with E-state index in [0.29, 0.717) is 13.0 Å². The SMILES string of the molecule is O=CCC1COc2ccc(Br)cc21. The molecule has 1 atom stereocenters. The van der Waals surface area contributed by atoms with Crippen LogP contribution in [0.25, 0.3) is 0 Å². The fraction of sp³-hybridized carbons (Fsp3) is 0.300. The lowest BCUT2D eigenvalue weighted by molar-refractivity contribution is -0.108. The highest BCUT2D eigenvalue weighted by molar-refractivity contribution is 9.10. The lowest BCUT2D eigenvalue weighted by Crippen LogP contribution is -2.00. The normalized spacial score (nSPS) is 19.3. The fourth-order valence-electron chi connectivity index (χ4n) is 1.56. The standard InChI is InChI=1S/C10H9BrO2/c11-8-1-2-10-9(5-8)7(3-4-12)6-13-10/h1-2,4-5,7H,3,6H2. The highest BCUT2D eigenvalue weighted by Gasteiger charge is 2.23. The Balaban J connectivity index is 2.34. The van der Waals surface area contributed by atoms with E-state index in [1.807, 2.05) is 18.2 Å². The molecule has 0 N–H and O–H groups in total. The monoisotopic (exact) mass is 240 g/mol. The molecule has 13 heavy (non-hydrogen) atoms. The van der Waals surface area contributed by atoms with Gasteiger partial charge in [0.25, 0.3) is 0 Å². The Morgan fingerprint density at radius 3 is 3.23 bits per heavy atom. The van der Waals surface area contributed by atoms with Crippen LogP contribution in [0.1, 0.15) is 17.9 Å². The van der Waals surface area contributed by atoms with Crippen LogP contribution in [0, 0.1) is 0 Å². The third-order valence-corrected chi connectivity index (χ3v) is 2.73. The summed E-state index contributed by atoms with van der Waals surface area (Å²) in [5.41, 5.74) is 1.14. The van der Waals surface area contributed by atoms with Crippen molar-refractivity contribution in [3.05, 3.63) is 28.2 Å². The molecule has 68 valence electrons. The zero-order valence-electron chi connectivity index (χ0n) is 7.00. The van der Waals surface area contributed by atoms with Gasteiger partial charge in [-0.25, -0.2) is 0 Å². The van der Waals surface area contributed by atoms with Crippen molar-refractivity contribution in [2.24, 2.45) is 0 Å². The van der Waals surface area contributed by atoms with Crippen molar-refractivity contribution in [3.8, 4) is 5.75 Å². The Morgan fingerprint density at radius 1 is 1.62 bits per heavy atom. The number of carbonyl (C=O) groups is 1. The number of halogens is 1. The molecule has 0 bridgehead atoms. The van der Waals surface area contributed by atoms with E-state index in [0.717, 1.165) is 22.1 Å². The van der Waals surface area contributed by atoms with Crippen LogP contribution in [-0.4, -0.2) is 12.9 Å². The molecule has 0 aromatic heterocycles. The number of hydrogen-bond acceptors (Lipinski definition) is 2. The Hall–Kier alpha value is -0.830. The molecule has 0 saturated heterocycles. The molecule has 1 aromatic rings. The number of hydrogen-bond donors (Lipinski definition) is 0. The number of benzene rings is 1. The summed E-state index contributed by atoms with van der Waals surface area (Å²) in [5.74, 6) is 1.15. The smallest absolute Gasteiger partial charge is 0.123 e. The van der Waals surface area contributed by atoms with Crippen LogP contribution in [-0.2, 0) is 4.79 Å². The first-order chi connectivity index (χ1) is 6.31. The second-order valence-corrected chi connectivity index (χ2v) is 4.01. The lowest BCUT2D eigenvalue weighted by atomic mass is 9.99. The second kappa shape index (κ2) is 3.50. The van der Waals surface area contributed by atoms with Gasteiger partial charge in [-0.3, -0.25) is 0 Å². The summed E-state index contributed by atoms with van der Waals surface area (Å²) in [4.78, 5) is 10.4. The first-order valence-corrected chi connectivity index (χ1v) is 4.96. The molecule has 1 heterocycles. The fourth-order valence-corrected chi connectivity index (χ4v) is 1.94. The summed E-state index contributed by atoms with van der Waals surface area (Å²) in [5, 5.41) is 0. The van der Waals surface area contributed by atoms with E-state index >= 15 is 0 Å². The van der Waals surface area contributed by atoms with Gasteiger partial charge in [0.1, 0.15) is 12.0 Å². The van der Waals surface area contributed by atoms with Crippen LogP contribution in [0.4, 0.5) is 0 Å². The Morgan fingerprint density at radius 2 is 2.46 bits per heavy atom. The molecule has 1 aromatic carbocycles. The van der Waals surface area contributed by atoms with Crippen molar-refractivity contribution in [2.75, 3.05) is 6.61 Å². The molecule has 1 aliphatic rings. The number of aldehydes is 1. The van der Waals surface area contributed by atoms with E-state index < -0.39 is 0 Å². The molecule has 0 amide bonds. The van der Waals surface area contributed by atoms with Gasteiger partial charge in [-0.05, 0) is 18.2 Å². The van der Waals surface area contributed by atoms with Crippen LogP contribution >= 0.6 is 15.9 Å². The number of ether oxygens (including phenoxy) is 1. The maximum atomic E-state index is 10.4. The maximum Gasteiger partial charge on any atom is 0.123 e. The summed E-state index contributed by atoms with van der Waals surface area (Å²) in [7, 11) is 0. The quantitative estimate of drug-likeness (QED) is 0.743. The van der Waals surface area contributed by atoms with Gasteiger partial charge in [0.2, 0.25) is 0 Å². The summed E-state index contributed by atoms with van der Waals surface area (Å²) >= 11 is 3.40. The minimum Gasteiger partial charge on any atom is -0.493 e. The summed E-state index contributed by atoms with van der Waals surface area (Å²) in [6.07, 6.45) is 1.49. The lowest BCUT2D eigenvalue weighted by Gasteiger charge is -2.02. The van der Waals surface area contributed by atoms with Gasteiger partial charge in [-0.15, -0.1) is 0 Å². The van der Waals surface area contributed by atoms with E-state index in [1.54, 1.807) is 0 Å². The van der Waals surface area contributed by atoms with Crippen molar-refractivity contribution in [3.63, 3.8) is 0 Å². The average molecular weight is 241 g/mol. The van der Waals surface area contributed by atoms with Gasteiger partial charge in [0.15, 0.2) is 0 Å². The van der Waals surface area contributed by atoms with Crippen LogP contribution in [0.15, 0.2) is 22.7 Å². The van der Waals surface area contributed by atoms with Gasteiger partial charge in [-0.1, -0.05) is 15.9 Å². The maximum absolute atomic E-state index is 10.4. The van der Waals surface area contributed by atoms with Crippen LogP contribution in [0.3, 0.4) is 0 Å². The van der Waals surface area contributed by atoms with Gasteiger partial charge < -0.3 is 9.53 Å². The molecule has 1 aliphatic heterocycles. The first-order valence-electron chi connectivity index (χ1n) is 4.17. The zero-order valence-corrected chi connectivity index (χ0v) is 8.58. The Kier molecular flexibility index (Phi) is 2.36. The minimum absolute atomic E-state index is 0.241. The van der Waals surface area contributed by atoms with Crippen molar-refractivity contribution >= 4 is 22.2 Å².